The van der Waals surface area contributed by atoms with E-state index in [9.17, 15) is 0 Å². The van der Waals surface area contributed by atoms with Gasteiger partial charge in [-0.1, -0.05) is 18.2 Å². The van der Waals surface area contributed by atoms with Gasteiger partial charge in [0.25, 0.3) is 0 Å². The fourth-order valence-corrected chi connectivity index (χ4v) is 1.77. The van der Waals surface area contributed by atoms with E-state index < -0.39 is 0 Å². The van der Waals surface area contributed by atoms with Gasteiger partial charge in [0.05, 0.1) is 6.07 Å². The van der Waals surface area contributed by atoms with Crippen LogP contribution in [0.3, 0.4) is 0 Å². The molecule has 2 nitrogen and oxygen atoms in total. The van der Waals surface area contributed by atoms with Gasteiger partial charge in [-0.25, -0.2) is 0 Å². The molecule has 0 fully saturated rings. The van der Waals surface area contributed by atoms with E-state index in [1.54, 1.807) is 0 Å². The Hall–Kier alpha value is -1.75. The van der Waals surface area contributed by atoms with Gasteiger partial charge in [0.1, 0.15) is 0 Å². The number of rotatable bonds is 2. The summed E-state index contributed by atoms with van der Waals surface area (Å²) in [5.74, 6) is 0. The summed E-state index contributed by atoms with van der Waals surface area (Å²) in [6.45, 7) is 0. The number of benzene rings is 1. The van der Waals surface area contributed by atoms with Gasteiger partial charge in [-0.2, -0.15) is 5.26 Å². The lowest BCUT2D eigenvalue weighted by atomic mass is 10.2. The number of hydrogen-bond acceptors (Lipinski definition) is 1. The fourth-order valence-electron chi connectivity index (χ4n) is 1.77. The Balaban J connectivity index is 2.47. The van der Waals surface area contributed by atoms with E-state index in [0.29, 0.717) is 6.42 Å². The lowest BCUT2D eigenvalue weighted by Gasteiger charge is -2.00. The molecule has 2 rings (SSSR count). The molecule has 1 heterocycles. The number of aromatic nitrogens is 1. The zero-order valence-corrected chi connectivity index (χ0v) is 8.20. The average molecular weight is 184 g/mol. The van der Waals surface area contributed by atoms with Gasteiger partial charge in [0.2, 0.25) is 0 Å². The molecule has 70 valence electrons. The van der Waals surface area contributed by atoms with Gasteiger partial charge in [0.15, 0.2) is 0 Å². The third-order valence-corrected chi connectivity index (χ3v) is 2.54. The number of nitriles is 1. The van der Waals surface area contributed by atoms with Crippen molar-refractivity contribution < 1.29 is 0 Å². The van der Waals surface area contributed by atoms with Gasteiger partial charge < -0.3 is 4.57 Å². The van der Waals surface area contributed by atoms with Crippen molar-refractivity contribution in [2.45, 2.75) is 12.8 Å². The molecular formula is C12H12N2. The Kier molecular flexibility index (Phi) is 2.24. The van der Waals surface area contributed by atoms with Crippen molar-refractivity contribution in [3.63, 3.8) is 0 Å². The molecule has 0 radical (unpaired) electrons. The maximum atomic E-state index is 8.53. The molecule has 0 spiro atoms. The van der Waals surface area contributed by atoms with Crippen LogP contribution in [0.5, 0.6) is 0 Å². The second kappa shape index (κ2) is 3.55. The van der Waals surface area contributed by atoms with Crippen LogP contribution in [0.1, 0.15) is 12.1 Å². The average Bonchev–Trinajstić information content (AvgIpc) is 2.54. The maximum absolute atomic E-state index is 8.53. The second-order valence-corrected chi connectivity index (χ2v) is 3.41. The molecule has 0 aliphatic rings. The highest BCUT2D eigenvalue weighted by Crippen LogP contribution is 2.18. The van der Waals surface area contributed by atoms with Crippen LogP contribution in [0, 0.1) is 11.3 Å². The third-order valence-electron chi connectivity index (χ3n) is 2.54. The van der Waals surface area contributed by atoms with E-state index in [4.69, 9.17) is 5.26 Å². The normalized spacial score (nSPS) is 10.3. The summed E-state index contributed by atoms with van der Waals surface area (Å²) in [5.41, 5.74) is 2.47. The van der Waals surface area contributed by atoms with Crippen molar-refractivity contribution >= 4 is 10.9 Å². The van der Waals surface area contributed by atoms with E-state index in [1.807, 2.05) is 12.1 Å². The number of nitrogens with zero attached hydrogens (tertiary/aromatic N) is 2. The summed E-state index contributed by atoms with van der Waals surface area (Å²) >= 11 is 0. The molecule has 0 aliphatic carbocycles. The van der Waals surface area contributed by atoms with Crippen LogP contribution in [0.4, 0.5) is 0 Å². The Morgan fingerprint density at radius 1 is 1.36 bits per heavy atom. The second-order valence-electron chi connectivity index (χ2n) is 3.41. The topological polar surface area (TPSA) is 28.7 Å². The molecule has 0 N–H and O–H groups in total. The third kappa shape index (κ3) is 1.38. The molecule has 0 atom stereocenters. The molecule has 2 aromatic rings. The molecule has 1 aromatic carbocycles. The van der Waals surface area contributed by atoms with Crippen molar-refractivity contribution in [2.75, 3.05) is 0 Å². The van der Waals surface area contributed by atoms with Crippen LogP contribution in [0.25, 0.3) is 10.9 Å². The first-order chi connectivity index (χ1) is 6.83. The van der Waals surface area contributed by atoms with Crippen molar-refractivity contribution in [1.82, 2.24) is 4.57 Å². The van der Waals surface area contributed by atoms with Crippen LogP contribution in [-0.4, -0.2) is 4.57 Å². The molecule has 14 heavy (non-hydrogen) atoms. The molecule has 0 unspecified atom stereocenters. The van der Waals surface area contributed by atoms with E-state index >= 15 is 0 Å². The number of aryl methyl sites for hydroxylation is 2. The quantitative estimate of drug-likeness (QED) is 0.705. The molecule has 0 saturated heterocycles. The zero-order valence-electron chi connectivity index (χ0n) is 8.20. The molecule has 0 bridgehead atoms. The largest absolute Gasteiger partial charge is 0.348 e. The standard InChI is InChI=1S/C12H12N2/c1-14-11(6-4-8-13)9-10-5-2-3-7-12(10)14/h2-3,5,7,9H,4,6H2,1H3. The lowest BCUT2D eigenvalue weighted by molar-refractivity contribution is 0.836. The minimum absolute atomic E-state index is 0.587. The molecule has 0 amide bonds. The highest BCUT2D eigenvalue weighted by molar-refractivity contribution is 5.81. The Labute approximate surface area is 83.4 Å². The van der Waals surface area contributed by atoms with Gasteiger partial charge in [-0.05, 0) is 17.5 Å². The summed E-state index contributed by atoms with van der Waals surface area (Å²) in [7, 11) is 2.05. The molecular weight excluding hydrogens is 172 g/mol. The summed E-state index contributed by atoms with van der Waals surface area (Å²) < 4.78 is 2.16. The highest BCUT2D eigenvalue weighted by Gasteiger charge is 2.03. The van der Waals surface area contributed by atoms with Crippen molar-refractivity contribution in [3.8, 4) is 6.07 Å². The van der Waals surface area contributed by atoms with E-state index in [1.165, 1.54) is 16.6 Å². The number of fused-ring (bicyclic) bond motifs is 1. The molecule has 1 aromatic heterocycles. The maximum Gasteiger partial charge on any atom is 0.0625 e. The van der Waals surface area contributed by atoms with Gasteiger partial charge in [-0.3, -0.25) is 0 Å². The van der Waals surface area contributed by atoms with Gasteiger partial charge in [-0.15, -0.1) is 0 Å². The van der Waals surface area contributed by atoms with E-state index in [0.717, 1.165) is 6.42 Å². The van der Waals surface area contributed by atoms with Crippen LogP contribution in [0.15, 0.2) is 30.3 Å². The van der Waals surface area contributed by atoms with E-state index in [-0.39, 0.29) is 0 Å². The van der Waals surface area contributed by atoms with Crippen LogP contribution in [-0.2, 0) is 13.5 Å². The first kappa shape index (κ1) is 8.83. The lowest BCUT2D eigenvalue weighted by Crippen LogP contribution is -1.94. The molecule has 0 saturated carbocycles. The molecule has 0 aliphatic heterocycles. The van der Waals surface area contributed by atoms with Crippen molar-refractivity contribution in [1.29, 1.82) is 5.26 Å². The van der Waals surface area contributed by atoms with Crippen molar-refractivity contribution in [2.24, 2.45) is 7.05 Å². The summed E-state index contributed by atoms with van der Waals surface area (Å²) in [6, 6.07) is 12.6. The summed E-state index contributed by atoms with van der Waals surface area (Å²) in [4.78, 5) is 0. The minimum Gasteiger partial charge on any atom is -0.348 e. The zero-order chi connectivity index (χ0) is 9.97. The SMILES string of the molecule is Cn1c(CCC#N)cc2ccccc21. The monoisotopic (exact) mass is 184 g/mol. The Morgan fingerprint density at radius 2 is 2.14 bits per heavy atom. The van der Waals surface area contributed by atoms with Gasteiger partial charge >= 0.3 is 0 Å². The summed E-state index contributed by atoms with van der Waals surface area (Å²) in [6.07, 6.45) is 1.42. The fraction of sp³-hybridized carbons (Fsp3) is 0.250. The number of hydrogen-bond donors (Lipinski definition) is 0. The smallest absolute Gasteiger partial charge is 0.0625 e. The number of para-hydroxylation sites is 1. The van der Waals surface area contributed by atoms with Crippen LogP contribution in [0.2, 0.25) is 0 Å². The summed E-state index contributed by atoms with van der Waals surface area (Å²) in [5, 5.41) is 9.79. The first-order valence-corrected chi connectivity index (χ1v) is 4.73. The van der Waals surface area contributed by atoms with E-state index in [2.05, 4.69) is 35.9 Å². The van der Waals surface area contributed by atoms with Crippen molar-refractivity contribution in [3.05, 3.63) is 36.0 Å². The Morgan fingerprint density at radius 3 is 2.86 bits per heavy atom. The Bertz CT molecular complexity index is 488. The first-order valence-electron chi connectivity index (χ1n) is 4.73. The molecule has 2 heteroatoms. The van der Waals surface area contributed by atoms with Crippen LogP contribution < -0.4 is 0 Å². The minimum atomic E-state index is 0.587. The predicted molar refractivity (Wildman–Crippen MR) is 56.9 cm³/mol. The predicted octanol–water partition coefficient (Wildman–Crippen LogP) is 2.63. The van der Waals surface area contributed by atoms with Gasteiger partial charge in [0, 0.05) is 31.1 Å². The highest BCUT2D eigenvalue weighted by atomic mass is 14.9. The van der Waals surface area contributed by atoms with Crippen LogP contribution >= 0.6 is 0 Å².